The molecule has 0 bridgehead atoms. The van der Waals surface area contributed by atoms with E-state index in [0.29, 0.717) is 25.1 Å². The summed E-state index contributed by atoms with van der Waals surface area (Å²) in [6.45, 7) is 0.767. The van der Waals surface area contributed by atoms with Crippen LogP contribution in [-0.4, -0.2) is 44.9 Å². The van der Waals surface area contributed by atoms with Crippen molar-refractivity contribution in [1.29, 1.82) is 0 Å². The maximum absolute atomic E-state index is 12.3. The maximum atomic E-state index is 12.3. The van der Waals surface area contributed by atoms with Gasteiger partial charge in [0.2, 0.25) is 10.0 Å². The molecule has 0 spiro atoms. The van der Waals surface area contributed by atoms with E-state index in [1.54, 1.807) is 0 Å². The molecule has 1 aliphatic heterocycles. The summed E-state index contributed by atoms with van der Waals surface area (Å²) in [7, 11) is -2.24. The fourth-order valence-electron chi connectivity index (χ4n) is 2.00. The third-order valence-electron chi connectivity index (χ3n) is 3.10. The molecule has 6 nitrogen and oxygen atoms in total. The number of benzene rings is 1. The average molecular weight is 284 g/mol. The molecule has 0 amide bonds. The van der Waals surface area contributed by atoms with Crippen LogP contribution in [0.3, 0.4) is 0 Å². The number of rotatable bonds is 3. The van der Waals surface area contributed by atoms with Gasteiger partial charge in [0, 0.05) is 19.1 Å². The zero-order valence-electron chi connectivity index (χ0n) is 10.6. The topological polar surface area (TPSA) is 89.7 Å². The molecule has 0 aliphatic carbocycles. The summed E-state index contributed by atoms with van der Waals surface area (Å²) >= 11 is 0. The molecule has 7 heteroatoms. The second-order valence-electron chi connectivity index (χ2n) is 4.43. The van der Waals surface area contributed by atoms with Crippen molar-refractivity contribution in [2.45, 2.75) is 17.4 Å². The van der Waals surface area contributed by atoms with Crippen molar-refractivity contribution in [2.24, 2.45) is 5.73 Å². The van der Waals surface area contributed by atoms with Gasteiger partial charge < -0.3 is 10.5 Å². The van der Waals surface area contributed by atoms with Crippen molar-refractivity contribution in [2.75, 3.05) is 20.2 Å². The van der Waals surface area contributed by atoms with Gasteiger partial charge in [-0.25, -0.2) is 13.2 Å². The molecule has 0 saturated carbocycles. The lowest BCUT2D eigenvalue weighted by atomic mass is 10.2. The van der Waals surface area contributed by atoms with Gasteiger partial charge in [0.15, 0.2) is 0 Å². The van der Waals surface area contributed by atoms with Crippen LogP contribution < -0.4 is 5.73 Å². The number of nitrogens with zero attached hydrogens (tertiary/aromatic N) is 1. The standard InChI is InChI=1S/C12H16N2O4S/c1-18-12(15)9-2-4-11(5-3-9)19(16,17)14-7-6-10(13)8-14/h2-5,10H,6-8,13H2,1H3/t10-/m1/s1. The van der Waals surface area contributed by atoms with Crippen LogP contribution in [0.2, 0.25) is 0 Å². The van der Waals surface area contributed by atoms with E-state index in [0.717, 1.165) is 0 Å². The minimum absolute atomic E-state index is 0.107. The molecule has 1 aromatic carbocycles. The molecule has 19 heavy (non-hydrogen) atoms. The summed E-state index contributed by atoms with van der Waals surface area (Å²) < 4.78 is 30.5. The summed E-state index contributed by atoms with van der Waals surface area (Å²) in [5, 5.41) is 0. The van der Waals surface area contributed by atoms with Gasteiger partial charge in [0.25, 0.3) is 0 Å². The van der Waals surface area contributed by atoms with Gasteiger partial charge in [0.05, 0.1) is 17.6 Å². The summed E-state index contributed by atoms with van der Waals surface area (Å²) in [5.41, 5.74) is 6.03. The molecule has 1 atom stereocenters. The highest BCUT2D eigenvalue weighted by Gasteiger charge is 2.30. The predicted octanol–water partition coefficient (Wildman–Crippen LogP) is 0.195. The van der Waals surface area contributed by atoms with Gasteiger partial charge in [-0.1, -0.05) is 0 Å². The first kappa shape index (κ1) is 14.0. The average Bonchev–Trinajstić information content (AvgIpc) is 2.85. The van der Waals surface area contributed by atoms with E-state index in [9.17, 15) is 13.2 Å². The Bertz CT molecular complexity index is 568. The summed E-state index contributed by atoms with van der Waals surface area (Å²) in [5.74, 6) is -0.493. The van der Waals surface area contributed by atoms with Crippen molar-refractivity contribution >= 4 is 16.0 Å². The first-order valence-corrected chi connectivity index (χ1v) is 7.33. The number of hydrogen-bond donors (Lipinski definition) is 1. The lowest BCUT2D eigenvalue weighted by Crippen LogP contribution is -2.31. The van der Waals surface area contributed by atoms with Gasteiger partial charge in [-0.3, -0.25) is 0 Å². The summed E-state index contributed by atoms with van der Waals surface area (Å²) in [4.78, 5) is 11.4. The number of hydrogen-bond acceptors (Lipinski definition) is 5. The first-order chi connectivity index (χ1) is 8.95. The van der Waals surface area contributed by atoms with E-state index >= 15 is 0 Å². The number of ether oxygens (including phenoxy) is 1. The van der Waals surface area contributed by atoms with E-state index < -0.39 is 16.0 Å². The SMILES string of the molecule is COC(=O)c1ccc(S(=O)(=O)N2CC[C@@H](N)C2)cc1. The number of esters is 1. The molecule has 2 rings (SSSR count). The van der Waals surface area contributed by atoms with Crippen LogP contribution >= 0.6 is 0 Å². The second-order valence-corrected chi connectivity index (χ2v) is 6.37. The maximum Gasteiger partial charge on any atom is 0.337 e. The number of carbonyl (C=O) groups is 1. The van der Waals surface area contributed by atoms with Crippen molar-refractivity contribution in [3.63, 3.8) is 0 Å². The van der Waals surface area contributed by atoms with Crippen LogP contribution in [0.5, 0.6) is 0 Å². The van der Waals surface area contributed by atoms with Gasteiger partial charge >= 0.3 is 5.97 Å². The lowest BCUT2D eigenvalue weighted by Gasteiger charge is -2.15. The predicted molar refractivity (Wildman–Crippen MR) is 69.1 cm³/mol. The van der Waals surface area contributed by atoms with Crippen molar-refractivity contribution in [3.05, 3.63) is 29.8 Å². The van der Waals surface area contributed by atoms with Crippen LogP contribution in [0.15, 0.2) is 29.2 Å². The third-order valence-corrected chi connectivity index (χ3v) is 4.98. The Morgan fingerprint density at radius 1 is 1.37 bits per heavy atom. The minimum Gasteiger partial charge on any atom is -0.465 e. The monoisotopic (exact) mass is 284 g/mol. The van der Waals surface area contributed by atoms with Crippen molar-refractivity contribution in [1.82, 2.24) is 4.31 Å². The molecule has 1 heterocycles. The summed E-state index contributed by atoms with van der Waals surface area (Å²) in [6.07, 6.45) is 0.666. The molecule has 0 aromatic heterocycles. The number of sulfonamides is 1. The highest BCUT2D eigenvalue weighted by atomic mass is 32.2. The Kier molecular flexibility index (Phi) is 3.88. The van der Waals surface area contributed by atoms with Gasteiger partial charge in [0.1, 0.15) is 0 Å². The Labute approximate surface area is 112 Å². The van der Waals surface area contributed by atoms with Crippen LogP contribution in [-0.2, 0) is 14.8 Å². The van der Waals surface area contributed by atoms with Crippen LogP contribution in [0.25, 0.3) is 0 Å². The van der Waals surface area contributed by atoms with Crippen molar-refractivity contribution in [3.8, 4) is 0 Å². The van der Waals surface area contributed by atoms with E-state index in [1.165, 1.54) is 35.7 Å². The molecule has 1 fully saturated rings. The van der Waals surface area contributed by atoms with E-state index in [-0.39, 0.29) is 10.9 Å². The molecule has 104 valence electrons. The smallest absolute Gasteiger partial charge is 0.337 e. The molecular weight excluding hydrogens is 268 g/mol. The van der Waals surface area contributed by atoms with Gasteiger partial charge in [-0.05, 0) is 30.7 Å². The molecule has 0 unspecified atom stereocenters. The van der Waals surface area contributed by atoms with Crippen LogP contribution in [0, 0.1) is 0 Å². The molecule has 1 aliphatic rings. The van der Waals surface area contributed by atoms with Crippen LogP contribution in [0.4, 0.5) is 0 Å². The second kappa shape index (κ2) is 5.28. The molecule has 1 saturated heterocycles. The molecule has 2 N–H and O–H groups in total. The summed E-state index contributed by atoms with van der Waals surface area (Å²) in [6, 6.07) is 5.59. The Morgan fingerprint density at radius 3 is 2.47 bits per heavy atom. The largest absolute Gasteiger partial charge is 0.465 e. The van der Waals surface area contributed by atoms with Crippen molar-refractivity contribution < 1.29 is 17.9 Å². The fraction of sp³-hybridized carbons (Fsp3) is 0.417. The number of carbonyl (C=O) groups excluding carboxylic acids is 1. The highest BCUT2D eigenvalue weighted by molar-refractivity contribution is 7.89. The van der Waals surface area contributed by atoms with E-state index in [1.807, 2.05) is 0 Å². The molecular formula is C12H16N2O4S. The zero-order chi connectivity index (χ0) is 14.0. The Morgan fingerprint density at radius 2 is 2.00 bits per heavy atom. The molecule has 1 aromatic rings. The van der Waals surface area contributed by atoms with E-state index in [2.05, 4.69) is 4.74 Å². The number of nitrogens with two attached hydrogens (primary N) is 1. The Balaban J connectivity index is 2.24. The normalized spacial score (nSPS) is 20.4. The van der Waals surface area contributed by atoms with Gasteiger partial charge in [-0.15, -0.1) is 0 Å². The van der Waals surface area contributed by atoms with Crippen LogP contribution in [0.1, 0.15) is 16.8 Å². The quantitative estimate of drug-likeness (QED) is 0.801. The number of methoxy groups -OCH3 is 1. The molecule has 0 radical (unpaired) electrons. The fourth-order valence-corrected chi connectivity index (χ4v) is 3.51. The highest BCUT2D eigenvalue weighted by Crippen LogP contribution is 2.20. The Hall–Kier alpha value is -1.44. The minimum atomic E-state index is -3.52. The third kappa shape index (κ3) is 2.78. The van der Waals surface area contributed by atoms with Gasteiger partial charge in [-0.2, -0.15) is 4.31 Å². The van der Waals surface area contributed by atoms with E-state index in [4.69, 9.17) is 5.73 Å². The first-order valence-electron chi connectivity index (χ1n) is 5.89. The lowest BCUT2D eigenvalue weighted by molar-refractivity contribution is 0.0600. The zero-order valence-corrected chi connectivity index (χ0v) is 11.4.